The Morgan fingerprint density at radius 3 is 2.40 bits per heavy atom. The van der Waals surface area contributed by atoms with Crippen LogP contribution in [0, 0.1) is 17.3 Å². The van der Waals surface area contributed by atoms with Gasteiger partial charge in [-0.25, -0.2) is 0 Å². The van der Waals surface area contributed by atoms with Crippen LogP contribution in [-0.4, -0.2) is 23.7 Å². The largest absolute Gasteiger partial charge is 0.395 e. The van der Waals surface area contributed by atoms with Gasteiger partial charge in [-0.3, -0.25) is 4.79 Å². The minimum Gasteiger partial charge on any atom is -0.395 e. The molecule has 0 aliphatic heterocycles. The third-order valence-corrected chi connectivity index (χ3v) is 3.26. The minimum absolute atomic E-state index is 0.0331. The van der Waals surface area contributed by atoms with Gasteiger partial charge in [0.05, 0.1) is 6.61 Å². The second-order valence-corrected chi connectivity index (χ2v) is 5.91. The fraction of sp³-hybridized carbons (Fsp3) is 0.471. The maximum Gasteiger partial charge on any atom is 0.251 e. The number of nitrogens with one attached hydrogen (secondary N) is 1. The van der Waals surface area contributed by atoms with E-state index in [1.165, 1.54) is 0 Å². The monoisotopic (exact) mass is 273 g/mol. The van der Waals surface area contributed by atoms with Gasteiger partial charge in [-0.15, -0.1) is 0 Å². The Labute approximate surface area is 121 Å². The average molecular weight is 273 g/mol. The number of aliphatic hydroxyl groups is 1. The van der Waals surface area contributed by atoms with Crippen LogP contribution in [-0.2, 0) is 0 Å². The molecule has 3 heteroatoms. The summed E-state index contributed by atoms with van der Waals surface area (Å²) in [4.78, 5) is 12.1. The number of carbonyl (C=O) groups excluding carboxylic acids is 1. The lowest BCUT2D eigenvalue weighted by molar-refractivity contribution is 0.0910. The zero-order chi connectivity index (χ0) is 15.2. The van der Waals surface area contributed by atoms with Crippen molar-refractivity contribution in [1.29, 1.82) is 0 Å². The lowest BCUT2D eigenvalue weighted by atomic mass is 9.88. The molecule has 1 amide bonds. The second-order valence-electron chi connectivity index (χ2n) is 5.91. The van der Waals surface area contributed by atoms with Crippen LogP contribution >= 0.6 is 0 Å². The van der Waals surface area contributed by atoms with Crippen LogP contribution in [0.25, 0.3) is 0 Å². The SMILES string of the molecule is CC(NC(=O)c1ccc(C#CCCO)cc1)C(C)(C)C. The van der Waals surface area contributed by atoms with Crippen LogP contribution in [0.5, 0.6) is 0 Å². The van der Waals surface area contributed by atoms with Gasteiger partial charge in [0.25, 0.3) is 5.91 Å². The smallest absolute Gasteiger partial charge is 0.251 e. The molecule has 1 aromatic rings. The van der Waals surface area contributed by atoms with Crippen molar-refractivity contribution in [2.45, 2.75) is 40.2 Å². The van der Waals surface area contributed by atoms with Crippen molar-refractivity contribution in [3.05, 3.63) is 35.4 Å². The van der Waals surface area contributed by atoms with Crippen molar-refractivity contribution < 1.29 is 9.90 Å². The number of benzene rings is 1. The fourth-order valence-corrected chi connectivity index (χ4v) is 1.42. The topological polar surface area (TPSA) is 49.3 Å². The predicted molar refractivity (Wildman–Crippen MR) is 81.4 cm³/mol. The predicted octanol–water partition coefficient (Wildman–Crippen LogP) is 2.58. The lowest BCUT2D eigenvalue weighted by Crippen LogP contribution is -2.41. The van der Waals surface area contributed by atoms with E-state index in [1.54, 1.807) is 12.1 Å². The Morgan fingerprint density at radius 2 is 1.90 bits per heavy atom. The molecular weight excluding hydrogens is 250 g/mol. The van der Waals surface area contributed by atoms with Crippen LogP contribution in [0.15, 0.2) is 24.3 Å². The fourth-order valence-electron chi connectivity index (χ4n) is 1.42. The zero-order valence-corrected chi connectivity index (χ0v) is 12.7. The Bertz CT molecular complexity index is 501. The van der Waals surface area contributed by atoms with E-state index >= 15 is 0 Å². The van der Waals surface area contributed by atoms with Gasteiger partial charge in [0.1, 0.15) is 0 Å². The van der Waals surface area contributed by atoms with Crippen molar-refractivity contribution in [2.75, 3.05) is 6.61 Å². The molecule has 1 atom stereocenters. The summed E-state index contributed by atoms with van der Waals surface area (Å²) in [6, 6.07) is 7.28. The summed E-state index contributed by atoms with van der Waals surface area (Å²) in [5, 5.41) is 11.7. The van der Waals surface area contributed by atoms with Crippen molar-refractivity contribution in [3.63, 3.8) is 0 Å². The molecule has 0 heterocycles. The molecule has 0 bridgehead atoms. The molecule has 0 saturated carbocycles. The molecule has 1 aromatic carbocycles. The maximum absolute atomic E-state index is 12.1. The van der Waals surface area contributed by atoms with E-state index < -0.39 is 0 Å². The van der Waals surface area contributed by atoms with Crippen LogP contribution in [0.2, 0.25) is 0 Å². The van der Waals surface area contributed by atoms with Gasteiger partial charge in [0.15, 0.2) is 0 Å². The lowest BCUT2D eigenvalue weighted by Gasteiger charge is -2.28. The summed E-state index contributed by atoms with van der Waals surface area (Å²) in [5.74, 6) is 5.72. The summed E-state index contributed by atoms with van der Waals surface area (Å²) >= 11 is 0. The van der Waals surface area contributed by atoms with Gasteiger partial charge >= 0.3 is 0 Å². The molecule has 0 spiro atoms. The highest BCUT2D eigenvalue weighted by Gasteiger charge is 2.21. The molecule has 108 valence electrons. The minimum atomic E-state index is -0.0673. The molecular formula is C17H23NO2. The Balaban J connectivity index is 2.70. The zero-order valence-electron chi connectivity index (χ0n) is 12.7. The first kappa shape index (κ1) is 16.3. The van der Waals surface area contributed by atoms with E-state index in [0.717, 1.165) is 5.56 Å². The van der Waals surface area contributed by atoms with Crippen LogP contribution in [0.4, 0.5) is 0 Å². The Morgan fingerprint density at radius 1 is 1.30 bits per heavy atom. The van der Waals surface area contributed by atoms with Crippen molar-refractivity contribution in [2.24, 2.45) is 5.41 Å². The summed E-state index contributed by atoms with van der Waals surface area (Å²) in [7, 11) is 0. The number of amides is 1. The molecule has 1 unspecified atom stereocenters. The van der Waals surface area contributed by atoms with Gasteiger partial charge in [-0.05, 0) is 36.6 Å². The van der Waals surface area contributed by atoms with Crippen molar-refractivity contribution in [3.8, 4) is 11.8 Å². The molecule has 1 rings (SSSR count). The van der Waals surface area contributed by atoms with E-state index in [9.17, 15) is 4.79 Å². The van der Waals surface area contributed by atoms with E-state index in [2.05, 4.69) is 37.9 Å². The standard InChI is InChI=1S/C17H23NO2/c1-13(17(2,3)4)18-16(20)15-10-8-14(9-11-15)7-5-6-12-19/h8-11,13,19H,6,12H2,1-4H3,(H,18,20). The molecule has 3 nitrogen and oxygen atoms in total. The second kappa shape index (κ2) is 7.12. The van der Waals surface area contributed by atoms with Crippen LogP contribution in [0.1, 0.15) is 50.0 Å². The third kappa shape index (κ3) is 5.07. The van der Waals surface area contributed by atoms with Crippen molar-refractivity contribution in [1.82, 2.24) is 5.32 Å². The van der Waals surface area contributed by atoms with E-state index in [-0.39, 0.29) is 24.0 Å². The van der Waals surface area contributed by atoms with Gasteiger partial charge in [0, 0.05) is 23.6 Å². The number of carbonyl (C=O) groups is 1. The van der Waals surface area contributed by atoms with E-state index in [1.807, 2.05) is 19.1 Å². The Kier molecular flexibility index (Phi) is 5.79. The number of hydrogen-bond acceptors (Lipinski definition) is 2. The van der Waals surface area contributed by atoms with Crippen LogP contribution < -0.4 is 5.32 Å². The van der Waals surface area contributed by atoms with Gasteiger partial charge < -0.3 is 10.4 Å². The molecule has 20 heavy (non-hydrogen) atoms. The summed E-state index contributed by atoms with van der Waals surface area (Å²) in [6.07, 6.45) is 0.464. The maximum atomic E-state index is 12.1. The quantitative estimate of drug-likeness (QED) is 0.832. The normalized spacial score (nSPS) is 12.2. The number of aliphatic hydroxyl groups excluding tert-OH is 1. The number of rotatable bonds is 3. The Hall–Kier alpha value is -1.79. The highest BCUT2D eigenvalue weighted by Crippen LogP contribution is 2.18. The first-order valence-electron chi connectivity index (χ1n) is 6.85. The van der Waals surface area contributed by atoms with E-state index in [4.69, 9.17) is 5.11 Å². The number of hydrogen-bond donors (Lipinski definition) is 2. The molecule has 0 radical (unpaired) electrons. The summed E-state index contributed by atoms with van der Waals surface area (Å²) < 4.78 is 0. The molecule has 0 aromatic heterocycles. The highest BCUT2D eigenvalue weighted by molar-refractivity contribution is 5.94. The highest BCUT2D eigenvalue weighted by atomic mass is 16.2. The molecule has 0 aliphatic rings. The third-order valence-electron chi connectivity index (χ3n) is 3.26. The first-order chi connectivity index (χ1) is 9.34. The van der Waals surface area contributed by atoms with Crippen molar-refractivity contribution >= 4 is 5.91 Å². The van der Waals surface area contributed by atoms with Gasteiger partial charge in [-0.2, -0.15) is 0 Å². The molecule has 0 fully saturated rings. The average Bonchev–Trinajstić information content (AvgIpc) is 2.38. The van der Waals surface area contributed by atoms with E-state index in [0.29, 0.717) is 12.0 Å². The molecule has 0 aliphatic carbocycles. The van der Waals surface area contributed by atoms with Gasteiger partial charge in [-0.1, -0.05) is 32.6 Å². The van der Waals surface area contributed by atoms with Gasteiger partial charge in [0.2, 0.25) is 0 Å². The van der Waals surface area contributed by atoms with Crippen LogP contribution in [0.3, 0.4) is 0 Å². The molecule has 2 N–H and O–H groups in total. The summed E-state index contributed by atoms with van der Waals surface area (Å²) in [5.41, 5.74) is 1.51. The summed E-state index contributed by atoms with van der Waals surface area (Å²) in [6.45, 7) is 8.36. The first-order valence-corrected chi connectivity index (χ1v) is 6.85. The molecule has 0 saturated heterocycles.